The number of aromatic nitrogens is 1. The van der Waals surface area contributed by atoms with Gasteiger partial charge in [0.2, 0.25) is 5.91 Å². The Bertz CT molecular complexity index is 898. The first kappa shape index (κ1) is 15.8. The number of hydrogen-bond acceptors (Lipinski definition) is 2. The third kappa shape index (κ3) is 3.30. The van der Waals surface area contributed by atoms with E-state index >= 15 is 0 Å². The van der Waals surface area contributed by atoms with E-state index in [0.29, 0.717) is 17.9 Å². The predicted molar refractivity (Wildman–Crippen MR) is 95.0 cm³/mol. The van der Waals surface area contributed by atoms with Gasteiger partial charge in [0.15, 0.2) is 0 Å². The maximum absolute atomic E-state index is 12.6. The lowest BCUT2D eigenvalue weighted by atomic mass is 10.1. The van der Waals surface area contributed by atoms with Crippen molar-refractivity contribution in [1.29, 1.82) is 0 Å². The van der Waals surface area contributed by atoms with Crippen molar-refractivity contribution in [1.82, 2.24) is 10.3 Å². The van der Waals surface area contributed by atoms with Crippen molar-refractivity contribution in [2.45, 2.75) is 20.4 Å². The third-order valence-electron chi connectivity index (χ3n) is 3.78. The Morgan fingerprint density at radius 2 is 1.83 bits per heavy atom. The Kier molecular flexibility index (Phi) is 4.33. The van der Waals surface area contributed by atoms with Gasteiger partial charge in [-0.15, -0.1) is 0 Å². The molecule has 0 aliphatic heterocycles. The number of carbonyl (C=O) groups excluding carboxylic acids is 2. The molecule has 0 saturated carbocycles. The number of carbonyl (C=O) groups is 2. The van der Waals surface area contributed by atoms with Gasteiger partial charge in [-0.3, -0.25) is 9.59 Å². The van der Waals surface area contributed by atoms with Gasteiger partial charge in [-0.2, -0.15) is 0 Å². The molecule has 0 unspecified atom stereocenters. The number of anilines is 1. The minimum atomic E-state index is -0.253. The lowest BCUT2D eigenvalue weighted by Crippen LogP contribution is -2.24. The predicted octanol–water partition coefficient (Wildman–Crippen LogP) is 3.36. The fourth-order valence-electron chi connectivity index (χ4n) is 2.65. The van der Waals surface area contributed by atoms with Crippen molar-refractivity contribution in [2.75, 3.05) is 5.32 Å². The highest BCUT2D eigenvalue weighted by Gasteiger charge is 2.18. The number of nitrogens with one attached hydrogen (secondary N) is 3. The van der Waals surface area contributed by atoms with Crippen molar-refractivity contribution in [2.24, 2.45) is 0 Å². The zero-order chi connectivity index (χ0) is 17.1. The highest BCUT2D eigenvalue weighted by Crippen LogP contribution is 2.28. The Labute approximate surface area is 140 Å². The fourth-order valence-corrected chi connectivity index (χ4v) is 2.65. The van der Waals surface area contributed by atoms with Gasteiger partial charge in [0.25, 0.3) is 5.91 Å². The molecule has 1 heterocycles. The van der Waals surface area contributed by atoms with Crippen LogP contribution in [0.25, 0.3) is 10.9 Å². The molecule has 122 valence electrons. The first-order valence-electron chi connectivity index (χ1n) is 7.76. The molecule has 0 bridgehead atoms. The number of fused-ring (bicyclic) bond motifs is 1. The van der Waals surface area contributed by atoms with E-state index in [1.165, 1.54) is 6.92 Å². The molecule has 5 heteroatoms. The molecule has 24 heavy (non-hydrogen) atoms. The van der Waals surface area contributed by atoms with E-state index in [0.717, 1.165) is 22.0 Å². The molecule has 3 N–H and O–H groups in total. The van der Waals surface area contributed by atoms with E-state index in [1.807, 2.05) is 55.5 Å². The fraction of sp³-hybridized carbons (Fsp3) is 0.158. The first-order valence-corrected chi connectivity index (χ1v) is 7.76. The molecule has 0 atom stereocenters. The van der Waals surface area contributed by atoms with Gasteiger partial charge in [0.05, 0.1) is 5.69 Å². The molecule has 3 rings (SSSR count). The largest absolute Gasteiger partial charge is 0.349 e. The molecule has 2 aromatic carbocycles. The van der Waals surface area contributed by atoms with Crippen LogP contribution in [-0.4, -0.2) is 16.8 Å². The quantitative estimate of drug-likeness (QED) is 0.689. The highest BCUT2D eigenvalue weighted by atomic mass is 16.2. The van der Waals surface area contributed by atoms with Crippen LogP contribution in [0.4, 0.5) is 5.69 Å². The summed E-state index contributed by atoms with van der Waals surface area (Å²) in [5.41, 5.74) is 3.77. The average molecular weight is 321 g/mol. The maximum Gasteiger partial charge on any atom is 0.270 e. The molecule has 0 saturated heterocycles. The van der Waals surface area contributed by atoms with Crippen molar-refractivity contribution in [3.63, 3.8) is 0 Å². The Morgan fingerprint density at radius 3 is 2.54 bits per heavy atom. The number of hydrogen-bond donors (Lipinski definition) is 3. The van der Waals surface area contributed by atoms with Crippen molar-refractivity contribution in [3.8, 4) is 0 Å². The zero-order valence-electron chi connectivity index (χ0n) is 13.6. The summed E-state index contributed by atoms with van der Waals surface area (Å²) >= 11 is 0. The second kappa shape index (κ2) is 6.58. The van der Waals surface area contributed by atoms with Crippen molar-refractivity contribution >= 4 is 28.4 Å². The van der Waals surface area contributed by atoms with Crippen LogP contribution in [-0.2, 0) is 11.3 Å². The molecule has 1 aromatic heterocycles. The maximum atomic E-state index is 12.6. The SMILES string of the molecule is CC(=O)Nc1c(C(=O)NCc2ccccc2)[nH]c2ccc(C)cc12. The van der Waals surface area contributed by atoms with Gasteiger partial charge in [0.1, 0.15) is 5.69 Å². The topological polar surface area (TPSA) is 74.0 Å². The monoisotopic (exact) mass is 321 g/mol. The van der Waals surface area contributed by atoms with E-state index in [4.69, 9.17) is 0 Å². The lowest BCUT2D eigenvalue weighted by molar-refractivity contribution is -0.114. The summed E-state index contributed by atoms with van der Waals surface area (Å²) in [7, 11) is 0. The van der Waals surface area contributed by atoms with Gasteiger partial charge in [0, 0.05) is 24.4 Å². The summed E-state index contributed by atoms with van der Waals surface area (Å²) < 4.78 is 0. The van der Waals surface area contributed by atoms with Gasteiger partial charge >= 0.3 is 0 Å². The lowest BCUT2D eigenvalue weighted by Gasteiger charge is -2.07. The van der Waals surface area contributed by atoms with Crippen LogP contribution in [0.2, 0.25) is 0 Å². The Hall–Kier alpha value is -3.08. The molecule has 0 aliphatic rings. The number of aryl methyl sites for hydroxylation is 1. The second-order valence-electron chi connectivity index (χ2n) is 5.77. The summed E-state index contributed by atoms with van der Waals surface area (Å²) in [6, 6.07) is 15.5. The van der Waals surface area contributed by atoms with Crippen LogP contribution in [0.5, 0.6) is 0 Å². The Balaban J connectivity index is 1.92. The normalized spacial score (nSPS) is 10.6. The standard InChI is InChI=1S/C19H19N3O2/c1-12-8-9-16-15(10-12)17(21-13(2)23)18(22-16)19(24)20-11-14-6-4-3-5-7-14/h3-10,22H,11H2,1-2H3,(H,20,24)(H,21,23). The van der Waals surface area contributed by atoms with Crippen molar-refractivity contribution < 1.29 is 9.59 Å². The van der Waals surface area contributed by atoms with Crippen LogP contribution in [0.1, 0.15) is 28.5 Å². The molecule has 2 amide bonds. The molecule has 0 aliphatic carbocycles. The summed E-state index contributed by atoms with van der Waals surface area (Å²) in [4.78, 5) is 27.2. The molecule has 5 nitrogen and oxygen atoms in total. The first-order chi connectivity index (χ1) is 11.5. The average Bonchev–Trinajstić information content (AvgIpc) is 2.91. The molecule has 0 radical (unpaired) electrons. The summed E-state index contributed by atoms with van der Waals surface area (Å²) in [5.74, 6) is -0.467. The van der Waals surface area contributed by atoms with Gasteiger partial charge in [-0.25, -0.2) is 0 Å². The highest BCUT2D eigenvalue weighted by molar-refractivity contribution is 6.12. The van der Waals surface area contributed by atoms with E-state index in [2.05, 4.69) is 15.6 Å². The molecule has 3 aromatic rings. The summed E-state index contributed by atoms with van der Waals surface area (Å²) in [6.07, 6.45) is 0. The number of aromatic amines is 1. The number of rotatable bonds is 4. The third-order valence-corrected chi connectivity index (χ3v) is 3.78. The molecular formula is C19H19N3O2. The van der Waals surface area contributed by atoms with Crippen molar-refractivity contribution in [3.05, 3.63) is 65.4 Å². The minimum absolute atomic E-state index is 0.213. The number of benzene rings is 2. The van der Waals surface area contributed by atoms with Crippen LogP contribution in [0.3, 0.4) is 0 Å². The van der Waals surface area contributed by atoms with E-state index < -0.39 is 0 Å². The van der Waals surface area contributed by atoms with Gasteiger partial charge in [-0.05, 0) is 24.6 Å². The van der Waals surface area contributed by atoms with Crippen LogP contribution < -0.4 is 10.6 Å². The van der Waals surface area contributed by atoms with Gasteiger partial charge in [-0.1, -0.05) is 42.0 Å². The molecular weight excluding hydrogens is 302 g/mol. The summed E-state index contributed by atoms with van der Waals surface area (Å²) in [5, 5.41) is 6.48. The summed E-state index contributed by atoms with van der Waals surface area (Å²) in [6.45, 7) is 3.83. The number of amides is 2. The van der Waals surface area contributed by atoms with E-state index in [1.54, 1.807) is 0 Å². The van der Waals surface area contributed by atoms with Crippen LogP contribution in [0, 0.1) is 6.92 Å². The Morgan fingerprint density at radius 1 is 1.08 bits per heavy atom. The zero-order valence-corrected chi connectivity index (χ0v) is 13.6. The second-order valence-corrected chi connectivity index (χ2v) is 5.77. The molecule has 0 spiro atoms. The van der Waals surface area contributed by atoms with E-state index in [9.17, 15) is 9.59 Å². The smallest absolute Gasteiger partial charge is 0.270 e. The van der Waals surface area contributed by atoms with E-state index in [-0.39, 0.29) is 11.8 Å². The number of H-pyrrole nitrogens is 1. The van der Waals surface area contributed by atoms with Gasteiger partial charge < -0.3 is 15.6 Å². The van der Waals surface area contributed by atoms with Crippen LogP contribution in [0.15, 0.2) is 48.5 Å². The minimum Gasteiger partial charge on any atom is -0.349 e. The van der Waals surface area contributed by atoms with Crippen LogP contribution >= 0.6 is 0 Å². The molecule has 0 fully saturated rings.